The van der Waals surface area contributed by atoms with Crippen LogP contribution in [0.25, 0.3) is 6.08 Å². The van der Waals surface area contributed by atoms with Crippen LogP contribution in [0.1, 0.15) is 43.6 Å². The van der Waals surface area contributed by atoms with E-state index in [2.05, 4.69) is 21.4 Å². The summed E-state index contributed by atoms with van der Waals surface area (Å²) in [5.41, 5.74) is 2.50. The number of aromatic nitrogens is 2. The van der Waals surface area contributed by atoms with Crippen LogP contribution in [0.2, 0.25) is 0 Å². The van der Waals surface area contributed by atoms with Gasteiger partial charge in [0, 0.05) is 26.4 Å². The normalized spacial score (nSPS) is 17.1. The molecule has 1 fully saturated rings. The molecule has 0 unspecified atom stereocenters. The summed E-state index contributed by atoms with van der Waals surface area (Å²) in [7, 11) is 1.74. The summed E-state index contributed by atoms with van der Waals surface area (Å²) in [5.74, 6) is 1.53. The maximum Gasteiger partial charge on any atom is 0.125 e. The largest absolute Gasteiger partial charge is 0.383 e. The van der Waals surface area contributed by atoms with E-state index < -0.39 is 0 Å². The summed E-state index contributed by atoms with van der Waals surface area (Å²) in [6, 6.07) is 1.99. The molecule has 21 heavy (non-hydrogen) atoms. The molecule has 1 N–H and O–H groups in total. The van der Waals surface area contributed by atoms with Crippen molar-refractivity contribution in [1.82, 2.24) is 15.3 Å². The third-order valence-electron chi connectivity index (χ3n) is 4.07. The summed E-state index contributed by atoms with van der Waals surface area (Å²) in [4.78, 5) is 8.69. The van der Waals surface area contributed by atoms with E-state index in [0.717, 1.165) is 31.2 Å². The lowest BCUT2D eigenvalue weighted by molar-refractivity contribution is 0.200. The van der Waals surface area contributed by atoms with Gasteiger partial charge in [-0.25, -0.2) is 9.97 Å². The molecule has 4 heteroatoms. The lowest BCUT2D eigenvalue weighted by Crippen LogP contribution is -2.25. The van der Waals surface area contributed by atoms with Gasteiger partial charge in [-0.15, -0.1) is 0 Å². The van der Waals surface area contributed by atoms with Gasteiger partial charge in [-0.05, 0) is 37.8 Å². The Labute approximate surface area is 128 Å². The van der Waals surface area contributed by atoms with Gasteiger partial charge in [-0.3, -0.25) is 0 Å². The van der Waals surface area contributed by atoms with Crippen LogP contribution in [0.4, 0.5) is 0 Å². The molecule has 1 aliphatic carbocycles. The van der Waals surface area contributed by atoms with E-state index in [1.165, 1.54) is 37.7 Å². The molecule has 1 saturated carbocycles. The molecule has 1 heterocycles. The molecular formula is C17H27N3O. The van der Waals surface area contributed by atoms with Crippen molar-refractivity contribution in [3.63, 3.8) is 0 Å². The Morgan fingerprint density at radius 1 is 1.38 bits per heavy atom. The van der Waals surface area contributed by atoms with Gasteiger partial charge in [0.1, 0.15) is 5.82 Å². The fraction of sp³-hybridized carbons (Fsp3) is 0.647. The number of ether oxygens (including phenoxy) is 1. The molecule has 0 spiro atoms. The van der Waals surface area contributed by atoms with E-state index in [-0.39, 0.29) is 0 Å². The number of aryl methyl sites for hydroxylation is 1. The Morgan fingerprint density at radius 2 is 2.19 bits per heavy atom. The van der Waals surface area contributed by atoms with Gasteiger partial charge >= 0.3 is 0 Å². The van der Waals surface area contributed by atoms with E-state index in [1.54, 1.807) is 7.11 Å². The predicted molar refractivity (Wildman–Crippen MR) is 86.1 cm³/mol. The fourth-order valence-electron chi connectivity index (χ4n) is 2.94. The molecule has 0 bridgehead atoms. The highest BCUT2D eigenvalue weighted by Gasteiger charge is 2.17. The number of rotatable bonds is 7. The average Bonchev–Trinajstić information content (AvgIpc) is 2.51. The minimum Gasteiger partial charge on any atom is -0.383 e. The monoisotopic (exact) mass is 289 g/mol. The van der Waals surface area contributed by atoms with Gasteiger partial charge in [-0.2, -0.15) is 0 Å². The summed E-state index contributed by atoms with van der Waals surface area (Å²) in [6.45, 7) is 4.51. The first-order valence-corrected chi connectivity index (χ1v) is 7.99. The molecule has 0 aliphatic heterocycles. The highest BCUT2D eigenvalue weighted by Crippen LogP contribution is 2.30. The summed E-state index contributed by atoms with van der Waals surface area (Å²) >= 11 is 0. The zero-order chi connectivity index (χ0) is 14.9. The third kappa shape index (κ3) is 5.56. The van der Waals surface area contributed by atoms with Crippen molar-refractivity contribution in [2.45, 2.75) is 39.0 Å². The molecule has 0 atom stereocenters. The highest BCUT2D eigenvalue weighted by atomic mass is 16.5. The van der Waals surface area contributed by atoms with Gasteiger partial charge in [0.2, 0.25) is 0 Å². The van der Waals surface area contributed by atoms with E-state index in [9.17, 15) is 0 Å². The quantitative estimate of drug-likeness (QED) is 0.784. The molecule has 0 aromatic carbocycles. The Hall–Kier alpha value is -1.26. The summed E-state index contributed by atoms with van der Waals surface area (Å²) in [6.07, 6.45) is 10.8. The van der Waals surface area contributed by atoms with Gasteiger partial charge in [0.05, 0.1) is 12.3 Å². The van der Waals surface area contributed by atoms with E-state index in [4.69, 9.17) is 4.74 Å². The Kier molecular flexibility index (Phi) is 6.83. The number of methoxy groups -OCH3 is 1. The zero-order valence-electron chi connectivity index (χ0n) is 13.3. The molecule has 0 amide bonds. The van der Waals surface area contributed by atoms with Crippen LogP contribution in [0.5, 0.6) is 0 Å². The van der Waals surface area contributed by atoms with Crippen LogP contribution in [-0.4, -0.2) is 36.8 Å². The maximum atomic E-state index is 5.10. The maximum absolute atomic E-state index is 5.10. The van der Waals surface area contributed by atoms with Gasteiger partial charge in [-0.1, -0.05) is 24.8 Å². The van der Waals surface area contributed by atoms with Crippen molar-refractivity contribution in [1.29, 1.82) is 0 Å². The minimum absolute atomic E-state index is 0.698. The second-order valence-electron chi connectivity index (χ2n) is 5.75. The summed E-state index contributed by atoms with van der Waals surface area (Å²) < 4.78 is 5.10. The fourth-order valence-corrected chi connectivity index (χ4v) is 2.94. The lowest BCUT2D eigenvalue weighted by atomic mass is 9.83. The molecule has 2 rings (SSSR count). The van der Waals surface area contributed by atoms with Crippen LogP contribution >= 0.6 is 0 Å². The van der Waals surface area contributed by atoms with E-state index in [1.807, 2.05) is 19.2 Å². The van der Waals surface area contributed by atoms with Crippen LogP contribution in [0, 0.1) is 12.8 Å². The van der Waals surface area contributed by atoms with Gasteiger partial charge < -0.3 is 10.1 Å². The van der Waals surface area contributed by atoms with Crippen molar-refractivity contribution in [2.75, 3.05) is 26.8 Å². The molecule has 0 saturated heterocycles. The predicted octanol–water partition coefficient (Wildman–Crippen LogP) is 2.98. The summed E-state index contributed by atoms with van der Waals surface area (Å²) in [5, 5.41) is 3.48. The Balaban J connectivity index is 2.06. The number of nitrogens with one attached hydrogen (secondary N) is 1. The van der Waals surface area contributed by atoms with Crippen molar-refractivity contribution < 1.29 is 4.74 Å². The van der Waals surface area contributed by atoms with Crippen molar-refractivity contribution >= 4 is 6.08 Å². The molecule has 1 aliphatic rings. The molecular weight excluding hydrogens is 262 g/mol. The number of nitrogens with zero attached hydrogens (tertiary/aromatic N) is 2. The van der Waals surface area contributed by atoms with E-state index >= 15 is 0 Å². The standard InChI is InChI=1S/C17H27N3O/c1-14-19-9-8-17(20-14)12-16(13-18-10-11-21-2)15-6-4-3-5-7-15/h8-9,12,15,18H,3-7,10-11,13H2,1-2H3/b16-12-. The van der Waals surface area contributed by atoms with Gasteiger partial charge in [0.25, 0.3) is 0 Å². The van der Waals surface area contributed by atoms with Crippen LogP contribution in [0.15, 0.2) is 17.8 Å². The third-order valence-corrected chi connectivity index (χ3v) is 4.07. The molecule has 1 aromatic rings. The van der Waals surface area contributed by atoms with Gasteiger partial charge in [0.15, 0.2) is 0 Å². The van der Waals surface area contributed by atoms with Crippen molar-refractivity contribution in [3.05, 3.63) is 29.4 Å². The smallest absolute Gasteiger partial charge is 0.125 e. The van der Waals surface area contributed by atoms with Crippen LogP contribution < -0.4 is 5.32 Å². The second kappa shape index (κ2) is 8.90. The average molecular weight is 289 g/mol. The number of hydrogen-bond acceptors (Lipinski definition) is 4. The SMILES string of the molecule is COCCNC/C(=C/c1ccnc(C)n1)C1CCCCC1. The van der Waals surface area contributed by atoms with Crippen molar-refractivity contribution in [2.24, 2.45) is 5.92 Å². The topological polar surface area (TPSA) is 47.0 Å². The minimum atomic E-state index is 0.698. The Morgan fingerprint density at radius 3 is 2.90 bits per heavy atom. The molecule has 0 radical (unpaired) electrons. The highest BCUT2D eigenvalue weighted by molar-refractivity contribution is 5.49. The first kappa shape index (κ1) is 16.1. The first-order chi connectivity index (χ1) is 10.3. The van der Waals surface area contributed by atoms with E-state index in [0.29, 0.717) is 5.92 Å². The lowest BCUT2D eigenvalue weighted by Gasteiger charge is -2.25. The molecule has 116 valence electrons. The molecule has 1 aromatic heterocycles. The number of hydrogen-bond donors (Lipinski definition) is 1. The van der Waals surface area contributed by atoms with Crippen LogP contribution in [-0.2, 0) is 4.74 Å². The zero-order valence-corrected chi connectivity index (χ0v) is 13.3. The Bertz CT molecular complexity index is 453. The van der Waals surface area contributed by atoms with Crippen molar-refractivity contribution in [3.8, 4) is 0 Å². The van der Waals surface area contributed by atoms with Crippen LogP contribution in [0.3, 0.4) is 0 Å². The second-order valence-corrected chi connectivity index (χ2v) is 5.75. The molecule has 4 nitrogen and oxygen atoms in total. The first-order valence-electron chi connectivity index (χ1n) is 7.99.